The van der Waals surface area contributed by atoms with Crippen LogP contribution in [0.4, 0.5) is 0 Å². The van der Waals surface area contributed by atoms with E-state index in [1.165, 1.54) is 12.0 Å². The van der Waals surface area contributed by atoms with Crippen molar-refractivity contribution < 1.29 is 19.1 Å². The lowest BCUT2D eigenvalue weighted by Gasteiger charge is -2.22. The van der Waals surface area contributed by atoms with E-state index in [1.54, 1.807) is 19.2 Å². The first-order valence-corrected chi connectivity index (χ1v) is 6.98. The zero-order valence-electron chi connectivity index (χ0n) is 12.5. The standard InChI is InChI=1S/C15H20ClNO4/c1-11-4-5-12(13(16)10-11)15(19)17(8-9-20-2)7-6-14(18)21-3/h4-5,10H,6-9H2,1-3H3. The van der Waals surface area contributed by atoms with Crippen molar-refractivity contribution in [1.29, 1.82) is 0 Å². The first-order valence-electron chi connectivity index (χ1n) is 6.60. The lowest BCUT2D eigenvalue weighted by Crippen LogP contribution is -2.36. The minimum Gasteiger partial charge on any atom is -0.469 e. The fourth-order valence-electron chi connectivity index (χ4n) is 1.81. The number of ether oxygens (including phenoxy) is 2. The first kappa shape index (κ1) is 17.5. The number of aryl methyl sites for hydroxylation is 1. The number of esters is 1. The summed E-state index contributed by atoms with van der Waals surface area (Å²) in [5.41, 5.74) is 1.40. The van der Waals surface area contributed by atoms with E-state index in [9.17, 15) is 9.59 Å². The SMILES string of the molecule is COCCN(CCC(=O)OC)C(=O)c1ccc(C)cc1Cl. The number of halogens is 1. The van der Waals surface area contributed by atoms with Crippen LogP contribution in [-0.2, 0) is 14.3 Å². The van der Waals surface area contributed by atoms with Crippen molar-refractivity contribution in [3.8, 4) is 0 Å². The van der Waals surface area contributed by atoms with E-state index in [1.807, 2.05) is 13.0 Å². The van der Waals surface area contributed by atoms with Gasteiger partial charge in [-0.3, -0.25) is 9.59 Å². The molecule has 0 saturated heterocycles. The molecule has 1 rings (SSSR count). The topological polar surface area (TPSA) is 55.8 Å². The number of methoxy groups -OCH3 is 2. The molecule has 0 heterocycles. The fourth-order valence-corrected chi connectivity index (χ4v) is 2.12. The average Bonchev–Trinajstić information content (AvgIpc) is 2.46. The van der Waals surface area contributed by atoms with Gasteiger partial charge in [-0.05, 0) is 24.6 Å². The summed E-state index contributed by atoms with van der Waals surface area (Å²) in [4.78, 5) is 25.3. The number of amides is 1. The van der Waals surface area contributed by atoms with Crippen LogP contribution in [0.1, 0.15) is 22.3 Å². The van der Waals surface area contributed by atoms with Crippen molar-refractivity contribution in [3.05, 3.63) is 34.3 Å². The van der Waals surface area contributed by atoms with Crippen molar-refractivity contribution in [2.45, 2.75) is 13.3 Å². The van der Waals surface area contributed by atoms with Crippen molar-refractivity contribution >= 4 is 23.5 Å². The average molecular weight is 314 g/mol. The molecule has 0 spiro atoms. The Bertz CT molecular complexity index is 504. The first-order chi connectivity index (χ1) is 9.99. The predicted octanol–water partition coefficient (Wildman–Crippen LogP) is 2.30. The monoisotopic (exact) mass is 313 g/mol. The Hall–Kier alpha value is -1.59. The summed E-state index contributed by atoms with van der Waals surface area (Å²) in [6, 6.07) is 5.26. The highest BCUT2D eigenvalue weighted by Crippen LogP contribution is 2.19. The van der Waals surface area contributed by atoms with Crippen LogP contribution in [-0.4, -0.2) is 50.7 Å². The molecule has 0 unspecified atom stereocenters. The van der Waals surface area contributed by atoms with Crippen LogP contribution in [0.25, 0.3) is 0 Å². The Kier molecular flexibility index (Phi) is 7.19. The largest absolute Gasteiger partial charge is 0.469 e. The summed E-state index contributed by atoms with van der Waals surface area (Å²) in [5.74, 6) is -0.582. The Morgan fingerprint density at radius 1 is 1.24 bits per heavy atom. The van der Waals surface area contributed by atoms with Gasteiger partial charge in [-0.1, -0.05) is 17.7 Å². The molecule has 0 saturated carbocycles. The number of hydrogen-bond acceptors (Lipinski definition) is 4. The Morgan fingerprint density at radius 2 is 1.95 bits per heavy atom. The molecule has 5 nitrogen and oxygen atoms in total. The molecule has 0 aliphatic rings. The van der Waals surface area contributed by atoms with Gasteiger partial charge in [0, 0.05) is 20.2 Å². The number of carbonyl (C=O) groups excluding carboxylic acids is 2. The maximum absolute atomic E-state index is 12.5. The zero-order valence-corrected chi connectivity index (χ0v) is 13.3. The lowest BCUT2D eigenvalue weighted by molar-refractivity contribution is -0.140. The van der Waals surface area contributed by atoms with Gasteiger partial charge in [-0.25, -0.2) is 0 Å². The molecular formula is C15H20ClNO4. The fraction of sp³-hybridized carbons (Fsp3) is 0.467. The van der Waals surface area contributed by atoms with Gasteiger partial charge in [0.15, 0.2) is 0 Å². The van der Waals surface area contributed by atoms with Crippen molar-refractivity contribution in [3.63, 3.8) is 0 Å². The van der Waals surface area contributed by atoms with Gasteiger partial charge < -0.3 is 14.4 Å². The third-order valence-corrected chi connectivity index (χ3v) is 3.33. The van der Waals surface area contributed by atoms with Gasteiger partial charge in [0.05, 0.1) is 30.7 Å². The van der Waals surface area contributed by atoms with E-state index in [0.29, 0.717) is 23.7 Å². The highest BCUT2D eigenvalue weighted by Gasteiger charge is 2.19. The van der Waals surface area contributed by atoms with Crippen molar-refractivity contribution in [2.75, 3.05) is 33.9 Å². The Balaban J connectivity index is 2.85. The molecular weight excluding hydrogens is 294 g/mol. The van der Waals surface area contributed by atoms with E-state index < -0.39 is 0 Å². The number of hydrogen-bond donors (Lipinski definition) is 0. The van der Waals surface area contributed by atoms with E-state index in [2.05, 4.69) is 4.74 Å². The predicted molar refractivity (Wildman–Crippen MR) is 80.6 cm³/mol. The molecule has 0 N–H and O–H groups in total. The number of benzene rings is 1. The number of rotatable bonds is 7. The molecule has 1 amide bonds. The second kappa shape index (κ2) is 8.64. The lowest BCUT2D eigenvalue weighted by atomic mass is 10.1. The molecule has 0 fully saturated rings. The highest BCUT2D eigenvalue weighted by molar-refractivity contribution is 6.33. The highest BCUT2D eigenvalue weighted by atomic mass is 35.5. The Labute approximate surface area is 129 Å². The normalized spacial score (nSPS) is 10.3. The van der Waals surface area contributed by atoms with E-state index >= 15 is 0 Å². The smallest absolute Gasteiger partial charge is 0.307 e. The van der Waals surface area contributed by atoms with E-state index in [0.717, 1.165) is 5.56 Å². The summed E-state index contributed by atoms with van der Waals surface area (Å²) >= 11 is 6.12. The minimum atomic E-state index is -0.361. The molecule has 0 aromatic heterocycles. The van der Waals surface area contributed by atoms with Crippen LogP contribution in [0.3, 0.4) is 0 Å². The van der Waals surface area contributed by atoms with E-state index in [-0.39, 0.29) is 24.8 Å². The molecule has 1 aromatic carbocycles. The van der Waals surface area contributed by atoms with Gasteiger partial charge in [-0.15, -0.1) is 0 Å². The summed E-state index contributed by atoms with van der Waals surface area (Å²) in [6.07, 6.45) is 0.134. The van der Waals surface area contributed by atoms with Gasteiger partial charge in [0.1, 0.15) is 0 Å². The third kappa shape index (κ3) is 5.36. The molecule has 6 heteroatoms. The summed E-state index contributed by atoms with van der Waals surface area (Å²) in [5, 5.41) is 0.403. The van der Waals surface area contributed by atoms with Crippen LogP contribution in [0.5, 0.6) is 0 Å². The summed E-state index contributed by atoms with van der Waals surface area (Å²) < 4.78 is 9.59. The number of carbonyl (C=O) groups is 2. The van der Waals surface area contributed by atoms with Crippen molar-refractivity contribution in [1.82, 2.24) is 4.90 Å². The summed E-state index contributed by atoms with van der Waals surface area (Å²) in [6.45, 7) is 2.94. The quantitative estimate of drug-likeness (QED) is 0.725. The molecule has 21 heavy (non-hydrogen) atoms. The zero-order chi connectivity index (χ0) is 15.8. The number of nitrogens with zero attached hydrogens (tertiary/aromatic N) is 1. The van der Waals surface area contributed by atoms with Crippen LogP contribution < -0.4 is 0 Å². The molecule has 0 aliphatic carbocycles. The van der Waals surface area contributed by atoms with E-state index in [4.69, 9.17) is 16.3 Å². The van der Waals surface area contributed by atoms with Crippen LogP contribution >= 0.6 is 11.6 Å². The molecule has 0 aliphatic heterocycles. The second-order valence-corrected chi connectivity index (χ2v) is 5.00. The molecule has 0 bridgehead atoms. The third-order valence-electron chi connectivity index (χ3n) is 3.02. The van der Waals surface area contributed by atoms with Crippen LogP contribution in [0.15, 0.2) is 18.2 Å². The van der Waals surface area contributed by atoms with Crippen LogP contribution in [0, 0.1) is 6.92 Å². The minimum absolute atomic E-state index is 0.134. The summed E-state index contributed by atoms with van der Waals surface area (Å²) in [7, 11) is 2.88. The van der Waals surface area contributed by atoms with Crippen LogP contribution in [0.2, 0.25) is 5.02 Å². The van der Waals surface area contributed by atoms with Gasteiger partial charge >= 0.3 is 5.97 Å². The molecule has 1 aromatic rings. The maximum atomic E-state index is 12.5. The molecule has 0 radical (unpaired) electrons. The van der Waals surface area contributed by atoms with Gasteiger partial charge in [0.2, 0.25) is 0 Å². The van der Waals surface area contributed by atoms with Gasteiger partial charge in [0.25, 0.3) is 5.91 Å². The molecule has 116 valence electrons. The maximum Gasteiger partial charge on any atom is 0.307 e. The van der Waals surface area contributed by atoms with Crippen molar-refractivity contribution in [2.24, 2.45) is 0 Å². The molecule has 0 atom stereocenters. The Morgan fingerprint density at radius 3 is 2.52 bits per heavy atom. The van der Waals surface area contributed by atoms with Gasteiger partial charge in [-0.2, -0.15) is 0 Å². The second-order valence-electron chi connectivity index (χ2n) is 4.59.